The number of benzene rings is 2. The number of nitrogens with one attached hydrogen (secondary N) is 1. The number of amides is 1. The number of ether oxygens (including phenoxy) is 1. The fraction of sp³-hybridized carbons (Fsp3) is 0.200. The van der Waals surface area contributed by atoms with Crippen molar-refractivity contribution in [1.82, 2.24) is 5.32 Å². The first-order valence-corrected chi connectivity index (χ1v) is 9.10. The molecule has 3 rings (SSSR count). The molecule has 1 atom stereocenters. The number of cyclic esters (lactones) is 1. The van der Waals surface area contributed by atoms with Crippen molar-refractivity contribution in [3.05, 3.63) is 71.8 Å². The van der Waals surface area contributed by atoms with Gasteiger partial charge < -0.3 is 10.1 Å². The Bertz CT molecular complexity index is 787. The van der Waals surface area contributed by atoms with E-state index in [1.807, 2.05) is 60.7 Å². The largest absolute Gasteiger partial charge is 0.423 e. The smallest absolute Gasteiger partial charge is 0.334 e. The SMILES string of the molecule is CC(=O)NC1CCS/C(c2ccccc2)=C(/c2ccccc2)OC1=O. The van der Waals surface area contributed by atoms with Gasteiger partial charge in [0.1, 0.15) is 6.04 Å². The van der Waals surface area contributed by atoms with Gasteiger partial charge in [0.05, 0.1) is 4.91 Å². The molecule has 0 bridgehead atoms. The minimum Gasteiger partial charge on any atom is -0.423 e. The predicted molar refractivity (Wildman–Crippen MR) is 100 cm³/mol. The third kappa shape index (κ3) is 4.31. The monoisotopic (exact) mass is 353 g/mol. The summed E-state index contributed by atoms with van der Waals surface area (Å²) in [6.45, 7) is 1.41. The van der Waals surface area contributed by atoms with Crippen molar-refractivity contribution >= 4 is 34.3 Å². The summed E-state index contributed by atoms with van der Waals surface area (Å²) in [5.41, 5.74) is 1.85. The second-order valence-electron chi connectivity index (χ2n) is 5.70. The summed E-state index contributed by atoms with van der Waals surface area (Å²) in [7, 11) is 0. The first-order chi connectivity index (χ1) is 12.1. The van der Waals surface area contributed by atoms with Gasteiger partial charge in [0, 0.05) is 18.2 Å². The van der Waals surface area contributed by atoms with Gasteiger partial charge in [-0.05, 0) is 12.0 Å². The molecular formula is C20H19NO3S. The molecule has 2 aromatic rings. The standard InChI is InChI=1S/C20H19NO3S/c1-14(22)21-17-12-13-25-19(16-10-6-3-7-11-16)18(24-20(17)23)15-8-4-2-5-9-15/h2-11,17H,12-13H2,1H3,(H,21,22)/b19-18-. The van der Waals surface area contributed by atoms with E-state index in [-0.39, 0.29) is 5.91 Å². The van der Waals surface area contributed by atoms with Crippen LogP contribution in [0.15, 0.2) is 60.7 Å². The fourth-order valence-corrected chi connectivity index (χ4v) is 3.79. The van der Waals surface area contributed by atoms with Crippen LogP contribution in [0.1, 0.15) is 24.5 Å². The summed E-state index contributed by atoms with van der Waals surface area (Å²) in [4.78, 5) is 24.9. The van der Waals surface area contributed by atoms with Crippen molar-refractivity contribution in [3.8, 4) is 0 Å². The molecule has 0 saturated heterocycles. The third-order valence-electron chi connectivity index (χ3n) is 3.80. The molecule has 4 nitrogen and oxygen atoms in total. The second-order valence-corrected chi connectivity index (χ2v) is 6.81. The molecule has 1 heterocycles. The highest BCUT2D eigenvalue weighted by atomic mass is 32.2. The van der Waals surface area contributed by atoms with Gasteiger partial charge in [0.15, 0.2) is 5.76 Å². The lowest BCUT2D eigenvalue weighted by molar-refractivity contribution is -0.141. The van der Waals surface area contributed by atoms with Crippen LogP contribution in [-0.4, -0.2) is 23.7 Å². The van der Waals surface area contributed by atoms with E-state index in [2.05, 4.69) is 5.32 Å². The van der Waals surface area contributed by atoms with E-state index >= 15 is 0 Å². The van der Waals surface area contributed by atoms with Gasteiger partial charge in [-0.15, -0.1) is 11.8 Å². The number of carbonyl (C=O) groups is 2. The number of carbonyl (C=O) groups excluding carboxylic acids is 2. The van der Waals surface area contributed by atoms with Crippen LogP contribution in [0.2, 0.25) is 0 Å². The molecule has 5 heteroatoms. The Morgan fingerprint density at radius 3 is 2.24 bits per heavy atom. The van der Waals surface area contributed by atoms with Gasteiger partial charge in [-0.2, -0.15) is 0 Å². The van der Waals surface area contributed by atoms with E-state index in [4.69, 9.17) is 4.74 Å². The molecular weight excluding hydrogens is 334 g/mol. The molecule has 1 N–H and O–H groups in total. The van der Waals surface area contributed by atoms with Crippen LogP contribution in [0.4, 0.5) is 0 Å². The van der Waals surface area contributed by atoms with Crippen molar-refractivity contribution in [2.75, 3.05) is 5.75 Å². The highest BCUT2D eigenvalue weighted by molar-refractivity contribution is 8.08. The molecule has 1 unspecified atom stereocenters. The summed E-state index contributed by atoms with van der Waals surface area (Å²) in [5.74, 6) is 0.585. The van der Waals surface area contributed by atoms with E-state index in [0.29, 0.717) is 17.9 Å². The molecule has 0 spiro atoms. The molecule has 128 valence electrons. The molecule has 0 aromatic heterocycles. The molecule has 0 saturated carbocycles. The lowest BCUT2D eigenvalue weighted by Gasteiger charge is -2.23. The Morgan fingerprint density at radius 1 is 1.04 bits per heavy atom. The van der Waals surface area contributed by atoms with Crippen molar-refractivity contribution in [1.29, 1.82) is 0 Å². The second kappa shape index (κ2) is 8.03. The first-order valence-electron chi connectivity index (χ1n) is 8.12. The zero-order valence-electron chi connectivity index (χ0n) is 13.9. The average molecular weight is 353 g/mol. The third-order valence-corrected chi connectivity index (χ3v) is 4.95. The number of hydrogen-bond acceptors (Lipinski definition) is 4. The Labute approximate surface area is 151 Å². The summed E-state index contributed by atoms with van der Waals surface area (Å²) in [5, 5.41) is 2.68. The Kier molecular flexibility index (Phi) is 5.56. The van der Waals surface area contributed by atoms with Gasteiger partial charge >= 0.3 is 5.97 Å². The maximum Gasteiger partial charge on any atom is 0.334 e. The van der Waals surface area contributed by atoms with E-state index in [1.54, 1.807) is 11.8 Å². The normalized spacial score (nSPS) is 21.0. The van der Waals surface area contributed by atoms with Crippen molar-refractivity contribution in [3.63, 3.8) is 0 Å². The lowest BCUT2D eigenvalue weighted by atomic mass is 10.1. The predicted octanol–water partition coefficient (Wildman–Crippen LogP) is 3.70. The Morgan fingerprint density at radius 2 is 1.64 bits per heavy atom. The quantitative estimate of drug-likeness (QED) is 0.855. The summed E-state index contributed by atoms with van der Waals surface area (Å²) in [6.07, 6.45) is 0.529. The zero-order chi connectivity index (χ0) is 17.6. The molecule has 2 aromatic carbocycles. The molecule has 0 aliphatic carbocycles. The zero-order valence-corrected chi connectivity index (χ0v) is 14.7. The average Bonchev–Trinajstić information content (AvgIpc) is 2.62. The van der Waals surface area contributed by atoms with E-state index in [0.717, 1.165) is 16.0 Å². The lowest BCUT2D eigenvalue weighted by Crippen LogP contribution is -2.41. The summed E-state index contributed by atoms with van der Waals surface area (Å²) < 4.78 is 5.76. The van der Waals surface area contributed by atoms with Crippen LogP contribution in [0.3, 0.4) is 0 Å². The van der Waals surface area contributed by atoms with Gasteiger partial charge in [0.2, 0.25) is 5.91 Å². The topological polar surface area (TPSA) is 55.4 Å². The minimum atomic E-state index is -0.624. The van der Waals surface area contributed by atoms with Crippen molar-refractivity contribution in [2.45, 2.75) is 19.4 Å². The maximum atomic E-state index is 12.6. The van der Waals surface area contributed by atoms with Gasteiger partial charge in [-0.25, -0.2) is 4.79 Å². The van der Waals surface area contributed by atoms with Gasteiger partial charge in [0.25, 0.3) is 0 Å². The summed E-state index contributed by atoms with van der Waals surface area (Å²) in [6, 6.07) is 18.9. The van der Waals surface area contributed by atoms with Crippen molar-refractivity contribution < 1.29 is 14.3 Å². The number of hydrogen-bond donors (Lipinski definition) is 1. The maximum absolute atomic E-state index is 12.6. The number of rotatable bonds is 3. The first kappa shape index (κ1) is 17.3. The van der Waals surface area contributed by atoms with Crippen LogP contribution in [-0.2, 0) is 14.3 Å². The number of esters is 1. The molecule has 1 aliphatic rings. The Balaban J connectivity index is 2.04. The number of thioether (sulfide) groups is 1. The molecule has 0 fully saturated rings. The molecule has 1 amide bonds. The van der Waals surface area contributed by atoms with Crippen LogP contribution < -0.4 is 5.32 Å². The molecule has 0 radical (unpaired) electrons. The summed E-state index contributed by atoms with van der Waals surface area (Å²) >= 11 is 1.64. The van der Waals surface area contributed by atoms with Crippen LogP contribution in [0, 0.1) is 0 Å². The van der Waals surface area contributed by atoms with Gasteiger partial charge in [-0.3, -0.25) is 4.79 Å². The van der Waals surface area contributed by atoms with E-state index in [9.17, 15) is 9.59 Å². The molecule has 25 heavy (non-hydrogen) atoms. The van der Waals surface area contributed by atoms with Crippen LogP contribution >= 0.6 is 11.8 Å². The fourth-order valence-electron chi connectivity index (χ4n) is 2.64. The highest BCUT2D eigenvalue weighted by Crippen LogP contribution is 2.38. The van der Waals surface area contributed by atoms with E-state index < -0.39 is 12.0 Å². The van der Waals surface area contributed by atoms with Gasteiger partial charge in [-0.1, -0.05) is 60.7 Å². The highest BCUT2D eigenvalue weighted by Gasteiger charge is 2.27. The van der Waals surface area contributed by atoms with Crippen LogP contribution in [0.25, 0.3) is 10.7 Å². The van der Waals surface area contributed by atoms with Crippen molar-refractivity contribution in [2.24, 2.45) is 0 Å². The van der Waals surface area contributed by atoms with Crippen LogP contribution in [0.5, 0.6) is 0 Å². The van der Waals surface area contributed by atoms with E-state index in [1.165, 1.54) is 6.92 Å². The Hall–Kier alpha value is -2.53. The molecule has 1 aliphatic heterocycles. The minimum absolute atomic E-state index is 0.235.